The van der Waals surface area contributed by atoms with Crippen LogP contribution >= 0.6 is 11.6 Å². The molecule has 8 nitrogen and oxygen atoms in total. The van der Waals surface area contributed by atoms with Crippen LogP contribution in [0.4, 0.5) is 14.5 Å². The molecule has 1 saturated carbocycles. The molecule has 1 spiro atoms. The summed E-state index contributed by atoms with van der Waals surface area (Å²) in [5.41, 5.74) is 3.96. The maximum absolute atomic E-state index is 15.3. The third-order valence-electron chi connectivity index (χ3n) is 12.5. The highest BCUT2D eigenvalue weighted by Crippen LogP contribution is 2.48. The van der Waals surface area contributed by atoms with E-state index in [0.717, 1.165) is 75.3 Å². The minimum Gasteiger partial charge on any atom is -0.371 e. The molecule has 5 aliphatic rings. The van der Waals surface area contributed by atoms with Crippen molar-refractivity contribution in [2.45, 2.75) is 82.1 Å². The normalized spacial score (nSPS) is 25.2. The van der Waals surface area contributed by atoms with Crippen molar-refractivity contribution in [2.75, 3.05) is 31.1 Å². The minimum atomic E-state index is -0.997. The van der Waals surface area contributed by atoms with Crippen LogP contribution < -0.4 is 15.8 Å². The predicted octanol–water partition coefficient (Wildman–Crippen LogP) is 6.72. The average molecular weight is 712 g/mol. The van der Waals surface area contributed by atoms with Gasteiger partial charge in [0.05, 0.1) is 32.9 Å². The van der Waals surface area contributed by atoms with Crippen LogP contribution in [0.1, 0.15) is 93.1 Å². The van der Waals surface area contributed by atoms with E-state index in [1.54, 1.807) is 6.07 Å². The molecule has 5 heterocycles. The molecule has 3 unspecified atom stereocenters. The molecule has 1 aliphatic carbocycles. The highest BCUT2D eigenvalue weighted by atomic mass is 35.5. The van der Waals surface area contributed by atoms with E-state index in [1.165, 1.54) is 23.3 Å². The fourth-order valence-corrected chi connectivity index (χ4v) is 10.1. The molecule has 0 radical (unpaired) electrons. The van der Waals surface area contributed by atoms with E-state index in [4.69, 9.17) is 11.6 Å². The Bertz CT molecular complexity index is 2190. The van der Waals surface area contributed by atoms with Crippen molar-refractivity contribution in [3.63, 3.8) is 0 Å². The Kier molecular flexibility index (Phi) is 7.50. The van der Waals surface area contributed by atoms with Crippen molar-refractivity contribution >= 4 is 40.0 Å². The number of nitrogens with zero attached hydrogens (tertiary/aromatic N) is 4. The number of rotatable bonds is 4. The molecule has 264 valence electrons. The van der Waals surface area contributed by atoms with Crippen molar-refractivity contribution in [2.24, 2.45) is 5.41 Å². The Morgan fingerprint density at radius 3 is 2.51 bits per heavy atom. The van der Waals surface area contributed by atoms with Gasteiger partial charge in [0, 0.05) is 55.3 Å². The molecule has 0 bridgehead atoms. The number of amides is 2. The Balaban J connectivity index is 0.888. The van der Waals surface area contributed by atoms with Gasteiger partial charge in [-0.25, -0.2) is 8.78 Å². The molecular weight excluding hydrogens is 672 g/mol. The monoisotopic (exact) mass is 711 g/mol. The molecule has 3 aromatic carbocycles. The Labute approximate surface area is 299 Å². The number of benzene rings is 3. The van der Waals surface area contributed by atoms with Crippen LogP contribution in [0.3, 0.4) is 0 Å². The summed E-state index contributed by atoms with van der Waals surface area (Å²) in [6.45, 7) is 7.70. The maximum atomic E-state index is 15.3. The molecule has 4 fully saturated rings. The first-order valence-corrected chi connectivity index (χ1v) is 18.5. The van der Waals surface area contributed by atoms with E-state index >= 15 is 8.78 Å². The third kappa shape index (κ3) is 5.15. The zero-order valence-electron chi connectivity index (χ0n) is 28.8. The largest absolute Gasteiger partial charge is 0.371 e. The van der Waals surface area contributed by atoms with Crippen molar-refractivity contribution in [1.82, 2.24) is 19.8 Å². The van der Waals surface area contributed by atoms with Crippen LogP contribution in [-0.2, 0) is 15.0 Å². The fraction of sp³-hybridized carbons (Fsp3) is 0.450. The van der Waals surface area contributed by atoms with Gasteiger partial charge in [0.1, 0.15) is 17.5 Å². The number of fused-ring (bicyclic) bond motifs is 5. The summed E-state index contributed by atoms with van der Waals surface area (Å²) >= 11 is 6.46. The average Bonchev–Trinajstić information content (AvgIpc) is 3.63. The second-order valence-corrected chi connectivity index (χ2v) is 16.4. The number of halogens is 3. The van der Waals surface area contributed by atoms with Gasteiger partial charge in [-0.2, -0.15) is 4.98 Å². The summed E-state index contributed by atoms with van der Waals surface area (Å²) in [6, 6.07) is 15.5. The molecule has 2 amide bonds. The topological polar surface area (TPSA) is 87.5 Å². The first kappa shape index (κ1) is 32.7. The summed E-state index contributed by atoms with van der Waals surface area (Å²) < 4.78 is 32.7. The van der Waals surface area contributed by atoms with E-state index < -0.39 is 34.8 Å². The fourth-order valence-electron chi connectivity index (χ4n) is 9.85. The highest BCUT2D eigenvalue weighted by molar-refractivity contribution is 6.35. The molecule has 3 atom stereocenters. The number of carbonyl (C=O) groups excluding carboxylic acids is 2. The van der Waals surface area contributed by atoms with Crippen LogP contribution in [0.25, 0.3) is 16.6 Å². The number of anilines is 1. The number of imide groups is 1. The summed E-state index contributed by atoms with van der Waals surface area (Å²) in [4.78, 5) is 46.2. The summed E-state index contributed by atoms with van der Waals surface area (Å²) in [5, 5.41) is 3.07. The van der Waals surface area contributed by atoms with Gasteiger partial charge in [0.25, 0.3) is 5.56 Å². The predicted molar refractivity (Wildman–Crippen MR) is 192 cm³/mol. The molecule has 11 heteroatoms. The molecular formula is C40H40ClF2N5O3. The number of piperidine rings is 1. The van der Waals surface area contributed by atoms with E-state index in [9.17, 15) is 14.4 Å². The minimum absolute atomic E-state index is 0.0685. The van der Waals surface area contributed by atoms with Gasteiger partial charge < -0.3 is 4.90 Å². The van der Waals surface area contributed by atoms with Crippen LogP contribution in [-0.4, -0.2) is 58.5 Å². The number of hydrogen-bond donors (Lipinski definition) is 1. The number of hydrogen-bond acceptors (Lipinski definition) is 6. The van der Waals surface area contributed by atoms with Crippen LogP contribution in [0.2, 0.25) is 5.02 Å². The number of nitrogens with one attached hydrogen (secondary N) is 1. The smallest absolute Gasteiger partial charge is 0.282 e. The molecule has 1 aromatic heterocycles. The molecule has 4 aliphatic heterocycles. The van der Waals surface area contributed by atoms with Crippen molar-refractivity contribution in [3.8, 4) is 5.69 Å². The second-order valence-electron chi connectivity index (χ2n) is 16.0. The second kappa shape index (κ2) is 11.7. The summed E-state index contributed by atoms with van der Waals surface area (Å²) in [7, 11) is 0. The van der Waals surface area contributed by atoms with Gasteiger partial charge in [-0.1, -0.05) is 36.2 Å². The lowest BCUT2D eigenvalue weighted by atomic mass is 9.73. The van der Waals surface area contributed by atoms with E-state index in [0.29, 0.717) is 28.1 Å². The molecule has 1 N–H and O–H groups in total. The zero-order valence-corrected chi connectivity index (χ0v) is 29.5. The first-order valence-electron chi connectivity index (χ1n) is 18.1. The third-order valence-corrected chi connectivity index (χ3v) is 12.8. The molecule has 51 heavy (non-hydrogen) atoms. The van der Waals surface area contributed by atoms with Crippen molar-refractivity contribution < 1.29 is 18.4 Å². The van der Waals surface area contributed by atoms with Gasteiger partial charge in [-0.05, 0) is 93.3 Å². The van der Waals surface area contributed by atoms with E-state index in [2.05, 4.69) is 56.7 Å². The van der Waals surface area contributed by atoms with Crippen molar-refractivity contribution in [3.05, 3.63) is 98.1 Å². The van der Waals surface area contributed by atoms with Gasteiger partial charge in [0.15, 0.2) is 0 Å². The van der Waals surface area contributed by atoms with Gasteiger partial charge in [0.2, 0.25) is 11.8 Å². The zero-order chi connectivity index (χ0) is 35.4. The maximum Gasteiger partial charge on any atom is 0.282 e. The number of aromatic nitrogens is 2. The molecule has 4 aromatic rings. The van der Waals surface area contributed by atoms with E-state index in [-0.39, 0.29) is 29.4 Å². The summed E-state index contributed by atoms with van der Waals surface area (Å²) in [5.74, 6) is -2.34. The Morgan fingerprint density at radius 1 is 0.961 bits per heavy atom. The summed E-state index contributed by atoms with van der Waals surface area (Å²) in [6.07, 6.45) is 5.68. The van der Waals surface area contributed by atoms with E-state index in [1.807, 2.05) is 12.1 Å². The number of carbonyl (C=O) groups is 2. The van der Waals surface area contributed by atoms with Gasteiger partial charge in [-0.15, -0.1) is 0 Å². The highest BCUT2D eigenvalue weighted by Gasteiger charge is 2.50. The number of likely N-dealkylation sites (tertiary alicyclic amines) is 1. The van der Waals surface area contributed by atoms with Gasteiger partial charge >= 0.3 is 0 Å². The lowest BCUT2D eigenvalue weighted by Crippen LogP contribution is -2.61. The first-order chi connectivity index (χ1) is 24.4. The Morgan fingerprint density at radius 2 is 1.75 bits per heavy atom. The molecule has 3 saturated heterocycles. The molecule has 9 rings (SSSR count). The lowest BCUT2D eigenvalue weighted by molar-refractivity contribution is -0.134. The quantitative estimate of drug-likeness (QED) is 0.237. The van der Waals surface area contributed by atoms with Gasteiger partial charge in [-0.3, -0.25) is 29.2 Å². The van der Waals surface area contributed by atoms with Crippen LogP contribution in [0, 0.1) is 17.0 Å². The SMILES string of the molecule is CC1(C)c2cc(C3CCCC(N4CC5(CCN(c6cc(F)c(C7CCC(=O)NC7=O)c(F)c6)C5)C4)C3)ccc2-n2c1nc(=O)c1c(Cl)cccc12. The lowest BCUT2D eigenvalue weighted by Gasteiger charge is -2.53. The standard InChI is InChI=1S/C40H40ClF2N5O3/c1-39(2)27-16-23(9-11-31(27)48-32-8-4-7-28(41)35(32)37(51)45-38(39)48)22-5-3-6-24(15-22)47-20-40(21-47)13-14-46(19-40)25-17-29(42)34(30(43)18-25)26-10-12-33(49)44-36(26)50/h4,7-9,11,16-18,22,24,26H,3,5-6,10,12-15,19-21H2,1-2H3,(H,44,49,50). The Hall–Kier alpha value is -4.15. The van der Waals surface area contributed by atoms with Crippen LogP contribution in [0.15, 0.2) is 53.3 Å². The van der Waals surface area contributed by atoms with Crippen LogP contribution in [0.5, 0.6) is 0 Å². The van der Waals surface area contributed by atoms with Crippen molar-refractivity contribution in [1.29, 1.82) is 0 Å².